The number of aliphatic carboxylic acids is 1. The molecule has 2 N–H and O–H groups in total. The lowest BCUT2D eigenvalue weighted by Gasteiger charge is -2.23. The van der Waals surface area contributed by atoms with Crippen molar-refractivity contribution in [3.8, 4) is 5.75 Å². The van der Waals surface area contributed by atoms with Crippen LogP contribution in [0.3, 0.4) is 0 Å². The zero-order valence-electron chi connectivity index (χ0n) is 14.3. The Morgan fingerprint density at radius 1 is 1.26 bits per heavy atom. The van der Waals surface area contributed by atoms with Crippen LogP contribution in [-0.4, -0.2) is 48.8 Å². The zero-order valence-corrected chi connectivity index (χ0v) is 14.3. The molecule has 0 aliphatic carbocycles. The van der Waals surface area contributed by atoms with Crippen LogP contribution >= 0.6 is 0 Å². The summed E-state index contributed by atoms with van der Waals surface area (Å²) in [6.07, 6.45) is -0.0883. The van der Waals surface area contributed by atoms with E-state index in [1.54, 1.807) is 7.05 Å². The van der Waals surface area contributed by atoms with Crippen molar-refractivity contribution in [3.63, 3.8) is 0 Å². The number of urea groups is 1. The predicted octanol–water partition coefficient (Wildman–Crippen LogP) is 2.48. The molecule has 1 aromatic carbocycles. The number of carbonyl (C=O) groups excluding carboxylic acids is 1. The number of benzene rings is 1. The largest absolute Gasteiger partial charge is 0.491 e. The molecule has 128 valence electrons. The van der Waals surface area contributed by atoms with E-state index in [1.165, 1.54) is 4.90 Å². The molecular formula is C17H26N2O4. The maximum Gasteiger partial charge on any atom is 0.317 e. The van der Waals surface area contributed by atoms with E-state index in [1.807, 2.05) is 24.3 Å². The quantitative estimate of drug-likeness (QED) is 0.808. The lowest BCUT2D eigenvalue weighted by Crippen LogP contribution is -2.40. The molecule has 0 saturated heterocycles. The molecule has 0 bridgehead atoms. The minimum atomic E-state index is -0.935. The molecule has 6 heteroatoms. The van der Waals surface area contributed by atoms with Gasteiger partial charge in [-0.2, -0.15) is 0 Å². The van der Waals surface area contributed by atoms with Gasteiger partial charge in [0.05, 0.1) is 13.0 Å². The molecule has 0 aromatic heterocycles. The van der Waals surface area contributed by atoms with Crippen molar-refractivity contribution in [3.05, 3.63) is 29.8 Å². The fraction of sp³-hybridized carbons (Fsp3) is 0.529. The van der Waals surface area contributed by atoms with Crippen LogP contribution in [0.5, 0.6) is 5.75 Å². The number of hydrogen-bond donors (Lipinski definition) is 2. The molecule has 6 nitrogen and oxygen atoms in total. The van der Waals surface area contributed by atoms with E-state index in [0.29, 0.717) is 13.2 Å². The van der Waals surface area contributed by atoms with Gasteiger partial charge in [0.15, 0.2) is 0 Å². The second-order valence-corrected chi connectivity index (χ2v) is 6.39. The number of carbonyl (C=O) groups is 2. The van der Waals surface area contributed by atoms with Gasteiger partial charge in [-0.05, 0) is 17.0 Å². The summed E-state index contributed by atoms with van der Waals surface area (Å²) in [6.45, 7) is 7.27. The van der Waals surface area contributed by atoms with E-state index < -0.39 is 5.97 Å². The number of carboxylic acid groups (broad SMARTS) is 1. The van der Waals surface area contributed by atoms with Gasteiger partial charge in [0, 0.05) is 13.6 Å². The number of nitrogens with zero attached hydrogens (tertiary/aromatic N) is 1. The van der Waals surface area contributed by atoms with Gasteiger partial charge in [-0.15, -0.1) is 0 Å². The molecule has 0 atom stereocenters. The highest BCUT2D eigenvalue weighted by atomic mass is 16.5. The van der Waals surface area contributed by atoms with Crippen LogP contribution in [0.15, 0.2) is 24.3 Å². The van der Waals surface area contributed by atoms with E-state index in [0.717, 1.165) is 11.3 Å². The Bertz CT molecular complexity index is 538. The summed E-state index contributed by atoms with van der Waals surface area (Å²) < 4.78 is 5.81. The first kappa shape index (κ1) is 18.8. The topological polar surface area (TPSA) is 78.9 Å². The summed E-state index contributed by atoms with van der Waals surface area (Å²) in [4.78, 5) is 23.6. The first-order chi connectivity index (χ1) is 10.7. The molecule has 1 aromatic rings. The van der Waals surface area contributed by atoms with Gasteiger partial charge in [0.25, 0.3) is 0 Å². The molecule has 0 saturated carbocycles. The normalized spacial score (nSPS) is 11.0. The number of nitrogens with one attached hydrogen (secondary N) is 1. The van der Waals surface area contributed by atoms with E-state index >= 15 is 0 Å². The van der Waals surface area contributed by atoms with Crippen molar-refractivity contribution in [1.29, 1.82) is 0 Å². The lowest BCUT2D eigenvalue weighted by molar-refractivity contribution is -0.136. The zero-order chi connectivity index (χ0) is 17.5. The smallest absolute Gasteiger partial charge is 0.317 e. The summed E-state index contributed by atoms with van der Waals surface area (Å²) in [5.74, 6) is -0.116. The van der Waals surface area contributed by atoms with Gasteiger partial charge in [0.1, 0.15) is 12.4 Å². The summed E-state index contributed by atoms with van der Waals surface area (Å²) in [5.41, 5.74) is 1.10. The Labute approximate surface area is 137 Å². The van der Waals surface area contributed by atoms with Crippen molar-refractivity contribution >= 4 is 12.0 Å². The minimum Gasteiger partial charge on any atom is -0.491 e. The third-order valence-corrected chi connectivity index (χ3v) is 3.34. The third kappa shape index (κ3) is 6.59. The van der Waals surface area contributed by atoms with Gasteiger partial charge in [-0.3, -0.25) is 4.79 Å². The number of likely N-dealkylation sites (N-methyl/N-ethyl adjacent to an activating group) is 1. The monoisotopic (exact) mass is 322 g/mol. The number of carboxylic acids is 1. The number of hydrogen-bond acceptors (Lipinski definition) is 3. The van der Waals surface area contributed by atoms with Crippen LogP contribution < -0.4 is 10.1 Å². The highest BCUT2D eigenvalue weighted by Crippen LogP contribution is 2.30. The van der Waals surface area contributed by atoms with Gasteiger partial charge in [0.2, 0.25) is 0 Å². The first-order valence-electron chi connectivity index (χ1n) is 7.65. The summed E-state index contributed by atoms with van der Waals surface area (Å²) in [6, 6.07) is 7.56. The fourth-order valence-corrected chi connectivity index (χ4v) is 2.02. The van der Waals surface area contributed by atoms with E-state index in [4.69, 9.17) is 9.84 Å². The molecule has 0 aliphatic heterocycles. The Balaban J connectivity index is 2.45. The third-order valence-electron chi connectivity index (χ3n) is 3.34. The maximum atomic E-state index is 11.8. The van der Waals surface area contributed by atoms with E-state index in [9.17, 15) is 9.59 Å². The molecule has 0 heterocycles. The van der Waals surface area contributed by atoms with Gasteiger partial charge in [-0.1, -0.05) is 39.0 Å². The highest BCUT2D eigenvalue weighted by Gasteiger charge is 2.18. The van der Waals surface area contributed by atoms with Crippen LogP contribution in [0.1, 0.15) is 32.8 Å². The molecule has 0 aliphatic rings. The number of rotatable bonds is 7. The number of amides is 2. The van der Waals surface area contributed by atoms with E-state index in [-0.39, 0.29) is 24.4 Å². The SMILES string of the molecule is CN(CCOc1ccccc1C(C)(C)C)C(=O)NCCC(=O)O. The Kier molecular flexibility index (Phi) is 6.88. The van der Waals surface area contributed by atoms with E-state index in [2.05, 4.69) is 26.1 Å². The van der Waals surface area contributed by atoms with Crippen molar-refractivity contribution in [2.24, 2.45) is 0 Å². The summed E-state index contributed by atoms with van der Waals surface area (Å²) in [5, 5.41) is 11.1. The molecule has 0 spiro atoms. The minimum absolute atomic E-state index is 0.0172. The summed E-state index contributed by atoms with van der Waals surface area (Å²) in [7, 11) is 1.65. The van der Waals surface area contributed by atoms with Crippen LogP contribution in [-0.2, 0) is 10.2 Å². The maximum absolute atomic E-state index is 11.8. The highest BCUT2D eigenvalue weighted by molar-refractivity contribution is 5.74. The lowest BCUT2D eigenvalue weighted by atomic mass is 9.86. The van der Waals surface area contributed by atoms with Crippen molar-refractivity contribution < 1.29 is 19.4 Å². The second kappa shape index (κ2) is 8.41. The molecule has 23 heavy (non-hydrogen) atoms. The van der Waals surface area contributed by atoms with Crippen LogP contribution in [0.2, 0.25) is 0 Å². The van der Waals surface area contributed by atoms with Gasteiger partial charge in [-0.25, -0.2) is 4.79 Å². The van der Waals surface area contributed by atoms with Crippen molar-refractivity contribution in [2.75, 3.05) is 26.7 Å². The first-order valence-corrected chi connectivity index (χ1v) is 7.65. The number of ether oxygens (including phenoxy) is 1. The molecule has 2 amide bonds. The Morgan fingerprint density at radius 3 is 2.52 bits per heavy atom. The average molecular weight is 322 g/mol. The summed E-state index contributed by atoms with van der Waals surface area (Å²) >= 11 is 0. The Morgan fingerprint density at radius 2 is 1.91 bits per heavy atom. The second-order valence-electron chi connectivity index (χ2n) is 6.39. The average Bonchev–Trinajstić information content (AvgIpc) is 2.46. The van der Waals surface area contributed by atoms with Crippen LogP contribution in [0.4, 0.5) is 4.79 Å². The fourth-order valence-electron chi connectivity index (χ4n) is 2.02. The Hall–Kier alpha value is -2.24. The van der Waals surface area contributed by atoms with Gasteiger partial charge < -0.3 is 20.1 Å². The number of para-hydroxylation sites is 1. The van der Waals surface area contributed by atoms with Crippen molar-refractivity contribution in [1.82, 2.24) is 10.2 Å². The molecular weight excluding hydrogens is 296 g/mol. The molecule has 0 radical (unpaired) electrons. The molecule has 0 unspecified atom stereocenters. The predicted molar refractivity (Wildman–Crippen MR) is 88.9 cm³/mol. The van der Waals surface area contributed by atoms with Crippen LogP contribution in [0, 0.1) is 0 Å². The standard InChI is InChI=1S/C17H26N2O4/c1-17(2,3)13-7-5-6-8-14(13)23-12-11-19(4)16(22)18-10-9-15(20)21/h5-8H,9-12H2,1-4H3,(H,18,22)(H,20,21). The van der Waals surface area contributed by atoms with Crippen molar-refractivity contribution in [2.45, 2.75) is 32.6 Å². The van der Waals surface area contributed by atoms with Crippen LogP contribution in [0.25, 0.3) is 0 Å². The molecule has 1 rings (SSSR count). The molecule has 0 fully saturated rings. The van der Waals surface area contributed by atoms with Gasteiger partial charge >= 0.3 is 12.0 Å².